The molecule has 0 aromatic carbocycles. The number of ether oxygens (including phenoxy) is 4. The Morgan fingerprint density at radius 2 is 1.57 bits per heavy atom. The van der Waals surface area contributed by atoms with Crippen LogP contribution >= 0.6 is 11.8 Å². The van der Waals surface area contributed by atoms with Gasteiger partial charge in [-0.15, -0.1) is 16.5 Å². The third kappa shape index (κ3) is 8.96. The molecular formula is C24H39NO8S2. The summed E-state index contributed by atoms with van der Waals surface area (Å²) in [6.45, 7) is 11.3. The van der Waals surface area contributed by atoms with Gasteiger partial charge in [0, 0.05) is 32.1 Å². The summed E-state index contributed by atoms with van der Waals surface area (Å²) in [4.78, 5) is 36.2. The van der Waals surface area contributed by atoms with Crippen molar-refractivity contribution < 1.29 is 37.9 Å². The molecule has 0 spiro atoms. The Bertz CT molecular complexity index is 771. The first-order chi connectivity index (χ1) is 16.3. The number of rotatable bonds is 5. The van der Waals surface area contributed by atoms with Gasteiger partial charge in [0.2, 0.25) is 0 Å². The fourth-order valence-electron chi connectivity index (χ4n) is 4.00. The third-order valence-electron chi connectivity index (χ3n) is 5.64. The second-order valence-corrected chi connectivity index (χ2v) is 13.1. The van der Waals surface area contributed by atoms with Gasteiger partial charge in [-0.1, -0.05) is 19.1 Å². The van der Waals surface area contributed by atoms with E-state index in [0.717, 1.165) is 25.0 Å². The Morgan fingerprint density at radius 3 is 2.14 bits per heavy atom. The number of esters is 3. The van der Waals surface area contributed by atoms with E-state index in [1.54, 1.807) is 0 Å². The van der Waals surface area contributed by atoms with Gasteiger partial charge in [0.1, 0.15) is 16.3 Å². The van der Waals surface area contributed by atoms with Gasteiger partial charge in [0.25, 0.3) is 0 Å². The maximum atomic E-state index is 13.2. The van der Waals surface area contributed by atoms with E-state index in [1.807, 2.05) is 33.8 Å². The number of allylic oxidation sites excluding steroid dienone is 1. The molecule has 0 saturated carbocycles. The van der Waals surface area contributed by atoms with Gasteiger partial charge in [0.05, 0.1) is 6.04 Å². The normalized spacial score (nSPS) is 33.0. The number of carbonyl (C=O) groups is 3. The first kappa shape index (κ1) is 30.0. The van der Waals surface area contributed by atoms with Crippen LogP contribution in [0.4, 0.5) is 0 Å². The number of hydrogen-bond acceptors (Lipinski definition) is 10. The summed E-state index contributed by atoms with van der Waals surface area (Å²) in [7, 11) is 0. The van der Waals surface area contributed by atoms with E-state index in [-0.39, 0.29) is 5.92 Å². The SMILES string of the molecule is CC(=O)O[C@@H]1[C@H](OC(C)=O)[C@@H](OC(C)=O)[C@@H]2O[C@@H]1[C@H](N[S+]([O-])C(C)(C)C)C(C)C=CCCCCS2. The molecule has 8 atom stereocenters. The zero-order valence-corrected chi connectivity index (χ0v) is 23.2. The van der Waals surface area contributed by atoms with E-state index in [0.29, 0.717) is 0 Å². The van der Waals surface area contributed by atoms with Crippen LogP contribution in [0, 0.1) is 5.92 Å². The fourth-order valence-corrected chi connectivity index (χ4v) is 6.16. The lowest BCUT2D eigenvalue weighted by Crippen LogP contribution is -2.66. The van der Waals surface area contributed by atoms with Gasteiger partial charge in [-0.2, -0.15) is 0 Å². The highest BCUT2D eigenvalue weighted by Crippen LogP contribution is 2.37. The van der Waals surface area contributed by atoms with Crippen LogP contribution < -0.4 is 4.72 Å². The quantitative estimate of drug-likeness (QED) is 0.244. The van der Waals surface area contributed by atoms with E-state index in [1.165, 1.54) is 32.5 Å². The zero-order chi connectivity index (χ0) is 26.3. The van der Waals surface area contributed by atoms with Crippen LogP contribution in [0.5, 0.6) is 0 Å². The van der Waals surface area contributed by atoms with Crippen molar-refractivity contribution in [2.24, 2.45) is 5.92 Å². The standard InChI is InChI=1S/C24H39NO8S2/c1-14-12-10-8-9-11-13-34-23-22(32-17(4)28)21(31-16(3)27)20(30-15(2)26)19(33-23)18(14)25-35(29)24(5,6)7/h10,12,14,18-23,25H,8-9,11,13H2,1-7H3/t14?,18-,19-,20+,21+,22-,23-,35?/m1/s1. The molecule has 2 aliphatic rings. The Kier molecular flexibility index (Phi) is 11.4. The van der Waals surface area contributed by atoms with Gasteiger partial charge < -0.3 is 23.5 Å². The molecule has 2 rings (SSSR count). The van der Waals surface area contributed by atoms with Crippen LogP contribution in [0.1, 0.15) is 67.7 Å². The van der Waals surface area contributed by atoms with E-state index in [4.69, 9.17) is 18.9 Å². The lowest BCUT2D eigenvalue weighted by atomic mass is 9.88. The summed E-state index contributed by atoms with van der Waals surface area (Å²) in [5, 5.41) is 0. The van der Waals surface area contributed by atoms with Crippen molar-refractivity contribution in [1.82, 2.24) is 4.72 Å². The molecule has 11 heteroatoms. The minimum Gasteiger partial charge on any atom is -0.598 e. The fraction of sp³-hybridized carbons (Fsp3) is 0.792. The molecule has 2 heterocycles. The molecule has 35 heavy (non-hydrogen) atoms. The highest BCUT2D eigenvalue weighted by atomic mass is 32.2. The second kappa shape index (κ2) is 13.3. The number of nitrogens with one attached hydrogen (secondary N) is 1. The van der Waals surface area contributed by atoms with Gasteiger partial charge >= 0.3 is 17.9 Å². The van der Waals surface area contributed by atoms with Crippen LogP contribution in [-0.4, -0.2) is 68.9 Å². The molecular weight excluding hydrogens is 494 g/mol. The minimum absolute atomic E-state index is 0.169. The molecule has 1 saturated heterocycles. The molecule has 2 aliphatic heterocycles. The Balaban J connectivity index is 2.61. The maximum Gasteiger partial charge on any atom is 0.303 e. The smallest absolute Gasteiger partial charge is 0.303 e. The zero-order valence-electron chi connectivity index (χ0n) is 21.6. The maximum absolute atomic E-state index is 13.2. The number of thioether (sulfide) groups is 1. The largest absolute Gasteiger partial charge is 0.598 e. The summed E-state index contributed by atoms with van der Waals surface area (Å²) in [6.07, 6.45) is 2.91. The van der Waals surface area contributed by atoms with Crippen molar-refractivity contribution in [3.8, 4) is 0 Å². The summed E-state index contributed by atoms with van der Waals surface area (Å²) in [6, 6.07) is -0.561. The number of fused-ring (bicyclic) bond motifs is 2. The van der Waals surface area contributed by atoms with Crippen LogP contribution in [-0.2, 0) is 44.7 Å². The monoisotopic (exact) mass is 533 g/mol. The molecule has 0 aromatic rings. The molecule has 0 radical (unpaired) electrons. The van der Waals surface area contributed by atoms with Crippen molar-refractivity contribution >= 4 is 41.0 Å². The Labute approximate surface area is 215 Å². The number of hydrogen-bond donors (Lipinski definition) is 1. The Morgan fingerprint density at radius 1 is 1.00 bits per heavy atom. The van der Waals surface area contributed by atoms with Crippen molar-refractivity contribution in [1.29, 1.82) is 0 Å². The predicted octanol–water partition coefficient (Wildman–Crippen LogP) is 3.04. The summed E-state index contributed by atoms with van der Waals surface area (Å²) in [5.41, 5.74) is -0.678. The topological polar surface area (TPSA) is 123 Å². The lowest BCUT2D eigenvalue weighted by molar-refractivity contribution is -0.236. The molecule has 0 aliphatic carbocycles. The van der Waals surface area contributed by atoms with Crippen molar-refractivity contribution in [3.63, 3.8) is 0 Å². The van der Waals surface area contributed by atoms with Crippen molar-refractivity contribution in [2.45, 2.75) is 108 Å². The second-order valence-electron chi connectivity index (χ2n) is 9.87. The third-order valence-corrected chi connectivity index (χ3v) is 8.47. The minimum atomic E-state index is -1.47. The van der Waals surface area contributed by atoms with Gasteiger partial charge in [-0.25, -0.2) is 0 Å². The molecule has 0 amide bonds. The summed E-state index contributed by atoms with van der Waals surface area (Å²) < 4.78 is 39.1. The highest BCUT2D eigenvalue weighted by Gasteiger charge is 2.55. The highest BCUT2D eigenvalue weighted by molar-refractivity contribution is 7.99. The average Bonchev–Trinajstić information content (AvgIpc) is 2.72. The molecule has 2 bridgehead atoms. The van der Waals surface area contributed by atoms with E-state index >= 15 is 0 Å². The molecule has 0 aromatic heterocycles. The van der Waals surface area contributed by atoms with E-state index in [9.17, 15) is 18.9 Å². The summed E-state index contributed by atoms with van der Waals surface area (Å²) >= 11 is -0.00634. The molecule has 1 N–H and O–H groups in total. The molecule has 2 unspecified atom stereocenters. The predicted molar refractivity (Wildman–Crippen MR) is 135 cm³/mol. The van der Waals surface area contributed by atoms with Crippen molar-refractivity contribution in [2.75, 3.05) is 5.75 Å². The lowest BCUT2D eigenvalue weighted by Gasteiger charge is -2.47. The number of carbonyl (C=O) groups excluding carboxylic acids is 3. The molecule has 9 nitrogen and oxygen atoms in total. The molecule has 200 valence electrons. The van der Waals surface area contributed by atoms with Crippen LogP contribution in [0.15, 0.2) is 12.2 Å². The van der Waals surface area contributed by atoms with E-state index in [2.05, 4.69) is 10.8 Å². The van der Waals surface area contributed by atoms with Crippen LogP contribution in [0.2, 0.25) is 0 Å². The summed E-state index contributed by atoms with van der Waals surface area (Å²) in [5.74, 6) is -1.21. The van der Waals surface area contributed by atoms with Crippen LogP contribution in [0.3, 0.4) is 0 Å². The van der Waals surface area contributed by atoms with Gasteiger partial charge in [-0.05, 0) is 51.7 Å². The Hall–Kier alpha value is -1.27. The van der Waals surface area contributed by atoms with Crippen LogP contribution in [0.25, 0.3) is 0 Å². The van der Waals surface area contributed by atoms with Gasteiger partial charge in [0.15, 0.2) is 18.3 Å². The van der Waals surface area contributed by atoms with Crippen molar-refractivity contribution in [3.05, 3.63) is 12.2 Å². The van der Waals surface area contributed by atoms with Gasteiger partial charge in [-0.3, -0.25) is 14.4 Å². The average molecular weight is 534 g/mol. The first-order valence-electron chi connectivity index (χ1n) is 11.9. The first-order valence-corrected chi connectivity index (χ1v) is 14.1. The van der Waals surface area contributed by atoms with E-state index < -0.39 is 69.9 Å². The molecule has 1 fully saturated rings.